The van der Waals surface area contributed by atoms with Crippen LogP contribution in [0.15, 0.2) is 24.3 Å². The Hall–Kier alpha value is -3.70. The van der Waals surface area contributed by atoms with Gasteiger partial charge in [0.15, 0.2) is 23.0 Å². The molecule has 4 atom stereocenters. The zero-order chi connectivity index (χ0) is 27.7. The number of carbonyl (C=O) groups is 2. The summed E-state index contributed by atoms with van der Waals surface area (Å²) in [6.45, 7) is 2.71. The lowest BCUT2D eigenvalue weighted by molar-refractivity contribution is -0.141. The minimum atomic E-state index is -0.635. The molecule has 0 bridgehead atoms. The number of likely N-dealkylation sites (N-methyl/N-ethyl adjacent to an activating group) is 1. The van der Waals surface area contributed by atoms with Crippen molar-refractivity contribution in [2.45, 2.75) is 24.8 Å². The molecule has 2 aromatic carbocycles. The van der Waals surface area contributed by atoms with Gasteiger partial charge in [0.1, 0.15) is 0 Å². The van der Waals surface area contributed by atoms with E-state index in [1.54, 1.807) is 6.07 Å². The third-order valence-corrected chi connectivity index (χ3v) is 7.65. The number of methoxy groups -OCH3 is 1. The van der Waals surface area contributed by atoms with E-state index < -0.39 is 17.9 Å². The van der Waals surface area contributed by atoms with Gasteiger partial charge in [0.05, 0.1) is 25.7 Å². The zero-order valence-electron chi connectivity index (χ0n) is 22.4. The van der Waals surface area contributed by atoms with Crippen LogP contribution in [0.1, 0.15) is 41.5 Å². The smallest absolute Gasteiger partial charge is 0.310 e. The number of aromatic hydroxyl groups is 2. The Morgan fingerprint density at radius 1 is 1.08 bits per heavy atom. The highest BCUT2D eigenvalue weighted by atomic mass is 16.7. The summed E-state index contributed by atoms with van der Waals surface area (Å²) in [6.07, 6.45) is 1.02. The second kappa shape index (κ2) is 11.2. The van der Waals surface area contributed by atoms with Gasteiger partial charge < -0.3 is 44.7 Å². The Labute approximate surface area is 227 Å². The molecule has 1 unspecified atom stereocenters. The van der Waals surface area contributed by atoms with Crippen LogP contribution in [0.25, 0.3) is 0 Å². The number of cyclic esters (lactones) is 1. The number of hydrogen-bond donors (Lipinski definition) is 4. The Kier molecular flexibility index (Phi) is 7.72. The summed E-state index contributed by atoms with van der Waals surface area (Å²) in [5.41, 5.74) is 2.12. The zero-order valence-corrected chi connectivity index (χ0v) is 22.4. The molecule has 210 valence electrons. The molecule has 1 fully saturated rings. The molecule has 4 N–H and O–H groups in total. The van der Waals surface area contributed by atoms with Gasteiger partial charge in [-0.3, -0.25) is 9.59 Å². The van der Waals surface area contributed by atoms with E-state index >= 15 is 0 Å². The molecule has 1 amide bonds. The first-order chi connectivity index (χ1) is 18.8. The van der Waals surface area contributed by atoms with Gasteiger partial charge in [-0.1, -0.05) is 0 Å². The quantitative estimate of drug-likeness (QED) is 0.200. The summed E-state index contributed by atoms with van der Waals surface area (Å²) in [5.74, 6) is -1.57. The summed E-state index contributed by atoms with van der Waals surface area (Å²) in [4.78, 5) is 28.3. The molecule has 0 spiro atoms. The van der Waals surface area contributed by atoms with Gasteiger partial charge in [-0.05, 0) is 68.0 Å². The van der Waals surface area contributed by atoms with Crippen LogP contribution < -0.4 is 24.8 Å². The van der Waals surface area contributed by atoms with Crippen molar-refractivity contribution < 1.29 is 38.7 Å². The summed E-state index contributed by atoms with van der Waals surface area (Å²) >= 11 is 0. The topological polar surface area (TPSA) is 139 Å². The number of esters is 1. The van der Waals surface area contributed by atoms with E-state index in [-0.39, 0.29) is 48.4 Å². The number of hydrogen-bond acceptors (Lipinski definition) is 10. The second-order valence-electron chi connectivity index (χ2n) is 10.4. The number of rotatable bonds is 10. The maximum Gasteiger partial charge on any atom is 0.310 e. The summed E-state index contributed by atoms with van der Waals surface area (Å²) < 4.78 is 22.1. The molecule has 0 radical (unpaired) electrons. The highest BCUT2D eigenvalue weighted by Gasteiger charge is 2.53. The SMILES string of the molecule is COc1cc(C2c3cc4c(cc3[C@@H](NC(=O)CCCNCCN(C)C)[C@H]3COC(=O)[C@H]23)OCO4)cc(O)c1O. The van der Waals surface area contributed by atoms with Gasteiger partial charge in [0.25, 0.3) is 0 Å². The largest absolute Gasteiger partial charge is 0.504 e. The lowest BCUT2D eigenvalue weighted by Gasteiger charge is -2.39. The third kappa shape index (κ3) is 5.28. The molecule has 0 aromatic heterocycles. The fourth-order valence-electron chi connectivity index (χ4n) is 5.74. The summed E-state index contributed by atoms with van der Waals surface area (Å²) in [6, 6.07) is 6.24. The molecule has 2 heterocycles. The summed E-state index contributed by atoms with van der Waals surface area (Å²) in [5, 5.41) is 27.1. The third-order valence-electron chi connectivity index (χ3n) is 7.65. The molecular weight excluding hydrogens is 506 g/mol. The molecule has 1 aliphatic carbocycles. The van der Waals surface area contributed by atoms with Gasteiger partial charge >= 0.3 is 5.97 Å². The number of fused-ring (bicyclic) bond motifs is 3. The van der Waals surface area contributed by atoms with Crippen molar-refractivity contribution in [1.82, 2.24) is 15.5 Å². The molecule has 0 saturated carbocycles. The number of carbonyl (C=O) groups excluding carboxylic acids is 2. The van der Waals surface area contributed by atoms with E-state index in [1.807, 2.05) is 26.2 Å². The lowest BCUT2D eigenvalue weighted by Crippen LogP contribution is -2.43. The minimum Gasteiger partial charge on any atom is -0.504 e. The fourth-order valence-corrected chi connectivity index (χ4v) is 5.74. The van der Waals surface area contributed by atoms with Crippen molar-refractivity contribution in [1.29, 1.82) is 0 Å². The number of nitrogens with zero attached hydrogens (tertiary/aromatic N) is 1. The van der Waals surface area contributed by atoms with Crippen LogP contribution in [0.4, 0.5) is 0 Å². The maximum atomic E-state index is 13.1. The highest BCUT2D eigenvalue weighted by Crippen LogP contribution is 2.55. The van der Waals surface area contributed by atoms with Crippen molar-refractivity contribution in [3.05, 3.63) is 41.0 Å². The van der Waals surface area contributed by atoms with Crippen LogP contribution in [0, 0.1) is 11.8 Å². The lowest BCUT2D eigenvalue weighted by atomic mass is 9.65. The van der Waals surface area contributed by atoms with E-state index in [0.29, 0.717) is 29.9 Å². The van der Waals surface area contributed by atoms with Gasteiger partial charge in [-0.2, -0.15) is 0 Å². The van der Waals surface area contributed by atoms with Crippen molar-refractivity contribution in [2.24, 2.45) is 11.8 Å². The monoisotopic (exact) mass is 541 g/mol. The highest BCUT2D eigenvalue weighted by molar-refractivity contribution is 5.81. The van der Waals surface area contributed by atoms with Gasteiger partial charge in [0, 0.05) is 31.3 Å². The van der Waals surface area contributed by atoms with Gasteiger partial charge in [-0.25, -0.2) is 0 Å². The second-order valence-corrected chi connectivity index (χ2v) is 10.4. The predicted molar refractivity (Wildman–Crippen MR) is 140 cm³/mol. The first-order valence-electron chi connectivity index (χ1n) is 13.1. The Balaban J connectivity index is 1.46. The molecule has 39 heavy (non-hydrogen) atoms. The van der Waals surface area contributed by atoms with Crippen LogP contribution in [-0.4, -0.2) is 81.2 Å². The van der Waals surface area contributed by atoms with Gasteiger partial charge in [-0.15, -0.1) is 0 Å². The Morgan fingerprint density at radius 2 is 1.82 bits per heavy atom. The van der Waals surface area contributed by atoms with Crippen LogP contribution in [0.2, 0.25) is 0 Å². The van der Waals surface area contributed by atoms with Crippen molar-refractivity contribution in [2.75, 3.05) is 54.2 Å². The Bertz CT molecular complexity index is 1250. The van der Waals surface area contributed by atoms with Crippen LogP contribution >= 0.6 is 0 Å². The molecule has 2 aromatic rings. The van der Waals surface area contributed by atoms with E-state index in [1.165, 1.54) is 13.2 Å². The molecule has 5 rings (SSSR count). The normalized spacial score (nSPS) is 22.8. The number of ether oxygens (including phenoxy) is 4. The molecule has 2 aliphatic heterocycles. The Morgan fingerprint density at radius 3 is 2.54 bits per heavy atom. The van der Waals surface area contributed by atoms with Crippen molar-refractivity contribution >= 4 is 11.9 Å². The summed E-state index contributed by atoms with van der Waals surface area (Å²) in [7, 11) is 5.42. The van der Waals surface area contributed by atoms with E-state index in [0.717, 1.165) is 30.8 Å². The molecule has 1 saturated heterocycles. The van der Waals surface area contributed by atoms with Crippen LogP contribution in [0.5, 0.6) is 28.7 Å². The number of amides is 1. The molecule has 11 heteroatoms. The number of benzene rings is 2. The van der Waals surface area contributed by atoms with Crippen molar-refractivity contribution in [3.8, 4) is 28.7 Å². The standard InChI is InChI=1S/C28H35N3O8/c1-31(2)8-7-29-6-4-5-23(33)30-26-17-12-21-20(38-14-39-21)11-16(17)24(25-18(26)13-37-28(25)35)15-9-19(32)27(34)22(10-15)36-3/h9-12,18,24-26,29,32,34H,4-8,13-14H2,1-3H3,(H,30,33)/t18-,24?,25-,26+/m0/s1. The average Bonchev–Trinajstić information content (AvgIpc) is 3.52. The first-order valence-corrected chi connectivity index (χ1v) is 13.1. The van der Waals surface area contributed by atoms with Crippen LogP contribution in [0.3, 0.4) is 0 Å². The molecule has 11 nitrogen and oxygen atoms in total. The number of phenolic OH excluding ortho intramolecular Hbond substituents is 2. The van der Waals surface area contributed by atoms with E-state index in [2.05, 4.69) is 15.5 Å². The fraction of sp³-hybridized carbons (Fsp3) is 0.500. The van der Waals surface area contributed by atoms with Gasteiger partial charge in [0.2, 0.25) is 18.4 Å². The minimum absolute atomic E-state index is 0.0729. The first kappa shape index (κ1) is 26.9. The number of phenols is 2. The van der Waals surface area contributed by atoms with E-state index in [4.69, 9.17) is 18.9 Å². The maximum absolute atomic E-state index is 13.1. The molecular formula is C28H35N3O8. The molecule has 3 aliphatic rings. The van der Waals surface area contributed by atoms with Crippen LogP contribution in [-0.2, 0) is 14.3 Å². The average molecular weight is 542 g/mol. The van der Waals surface area contributed by atoms with E-state index in [9.17, 15) is 19.8 Å². The predicted octanol–water partition coefficient (Wildman–Crippen LogP) is 1.86. The number of nitrogens with one attached hydrogen (secondary N) is 2. The van der Waals surface area contributed by atoms with Crippen molar-refractivity contribution in [3.63, 3.8) is 0 Å².